The number of hydrogen-bond acceptors (Lipinski definition) is 6. The lowest BCUT2D eigenvalue weighted by Crippen LogP contribution is -2.40. The zero-order valence-corrected chi connectivity index (χ0v) is 15.3. The summed E-state index contributed by atoms with van der Waals surface area (Å²) in [4.78, 5) is 38.2. The molecule has 3 aromatic rings. The molecule has 0 spiro atoms. The average Bonchev–Trinajstić information content (AvgIpc) is 3.28. The lowest BCUT2D eigenvalue weighted by atomic mass is 9.92. The quantitative estimate of drug-likeness (QED) is 0.403. The van der Waals surface area contributed by atoms with Gasteiger partial charge in [-0.3, -0.25) is 19.8 Å². The van der Waals surface area contributed by atoms with E-state index in [0.29, 0.717) is 11.3 Å². The standard InChI is InChI=1S/C19H16N6O4/c1-19(13-7-9-16(10-8-13)25(28)29)17(26)23(18(27)21-19)12-14-11-20-24(22-14)15-5-3-2-4-6-15/h2-11H,12H2,1H3,(H,21,27). The second-order valence-corrected chi connectivity index (χ2v) is 6.71. The highest BCUT2D eigenvalue weighted by atomic mass is 16.6. The fourth-order valence-electron chi connectivity index (χ4n) is 3.17. The van der Waals surface area contributed by atoms with Crippen LogP contribution >= 0.6 is 0 Å². The Morgan fingerprint density at radius 3 is 2.45 bits per heavy atom. The Morgan fingerprint density at radius 2 is 1.79 bits per heavy atom. The minimum atomic E-state index is -1.32. The van der Waals surface area contributed by atoms with Crippen molar-refractivity contribution in [1.29, 1.82) is 0 Å². The number of carbonyl (C=O) groups excluding carboxylic acids is 2. The van der Waals surface area contributed by atoms with E-state index in [4.69, 9.17) is 0 Å². The van der Waals surface area contributed by atoms with E-state index >= 15 is 0 Å². The molecule has 3 amide bonds. The Kier molecular flexibility index (Phi) is 4.30. The summed E-state index contributed by atoms with van der Waals surface area (Å²) < 4.78 is 0. The van der Waals surface area contributed by atoms with E-state index in [0.717, 1.165) is 10.6 Å². The number of hydrogen-bond donors (Lipinski definition) is 1. The minimum absolute atomic E-state index is 0.0416. The first kappa shape index (κ1) is 18.3. The number of rotatable bonds is 5. The van der Waals surface area contributed by atoms with Crippen LogP contribution in [0.15, 0.2) is 60.8 Å². The van der Waals surface area contributed by atoms with Crippen molar-refractivity contribution in [3.63, 3.8) is 0 Å². The van der Waals surface area contributed by atoms with Crippen LogP contribution in [0.3, 0.4) is 0 Å². The van der Waals surface area contributed by atoms with Gasteiger partial charge in [-0.25, -0.2) is 4.79 Å². The summed E-state index contributed by atoms with van der Waals surface area (Å²) in [7, 11) is 0. The number of imide groups is 1. The second-order valence-electron chi connectivity index (χ2n) is 6.71. The highest BCUT2D eigenvalue weighted by Crippen LogP contribution is 2.30. The third kappa shape index (κ3) is 3.20. The molecule has 1 aliphatic rings. The molecule has 1 saturated heterocycles. The number of carbonyl (C=O) groups is 2. The van der Waals surface area contributed by atoms with Gasteiger partial charge in [0.05, 0.1) is 23.4 Å². The normalized spacial score (nSPS) is 18.7. The largest absolute Gasteiger partial charge is 0.325 e. The summed E-state index contributed by atoms with van der Waals surface area (Å²) in [5, 5.41) is 22.0. The van der Waals surface area contributed by atoms with Crippen molar-refractivity contribution < 1.29 is 14.5 Å². The zero-order valence-electron chi connectivity index (χ0n) is 15.3. The number of nitro benzene ring substituents is 1. The van der Waals surface area contributed by atoms with Gasteiger partial charge < -0.3 is 5.32 Å². The van der Waals surface area contributed by atoms with Crippen LogP contribution in [0.2, 0.25) is 0 Å². The van der Waals surface area contributed by atoms with Gasteiger partial charge in [-0.1, -0.05) is 18.2 Å². The third-order valence-corrected chi connectivity index (χ3v) is 4.78. The van der Waals surface area contributed by atoms with Gasteiger partial charge in [-0.15, -0.1) is 0 Å². The lowest BCUT2D eigenvalue weighted by molar-refractivity contribution is -0.384. The monoisotopic (exact) mass is 392 g/mol. The van der Waals surface area contributed by atoms with Crippen molar-refractivity contribution >= 4 is 17.6 Å². The molecule has 1 aliphatic heterocycles. The fourth-order valence-corrected chi connectivity index (χ4v) is 3.17. The molecular weight excluding hydrogens is 376 g/mol. The molecule has 1 aromatic heterocycles. The number of amides is 3. The molecular formula is C19H16N6O4. The van der Waals surface area contributed by atoms with Gasteiger partial charge in [0.25, 0.3) is 11.6 Å². The summed E-state index contributed by atoms with van der Waals surface area (Å²) in [5.74, 6) is -0.467. The molecule has 2 aromatic carbocycles. The Labute approximate surface area is 164 Å². The average molecular weight is 392 g/mol. The topological polar surface area (TPSA) is 123 Å². The van der Waals surface area contributed by atoms with Gasteiger partial charge in [0, 0.05) is 12.1 Å². The molecule has 0 aliphatic carbocycles. The van der Waals surface area contributed by atoms with Gasteiger partial charge >= 0.3 is 6.03 Å². The predicted octanol–water partition coefficient (Wildman–Crippen LogP) is 2.14. The molecule has 1 unspecified atom stereocenters. The van der Waals surface area contributed by atoms with Crippen LogP contribution in [0, 0.1) is 10.1 Å². The number of urea groups is 1. The van der Waals surface area contributed by atoms with Crippen LogP contribution in [0.1, 0.15) is 18.2 Å². The number of aromatic nitrogens is 3. The Hall–Kier alpha value is -4.08. The van der Waals surface area contributed by atoms with Crippen molar-refractivity contribution in [1.82, 2.24) is 25.2 Å². The van der Waals surface area contributed by atoms with E-state index in [9.17, 15) is 19.7 Å². The smallest absolute Gasteiger partial charge is 0.319 e. The molecule has 10 heteroatoms. The number of nitrogens with one attached hydrogen (secondary N) is 1. The third-order valence-electron chi connectivity index (χ3n) is 4.78. The molecule has 2 heterocycles. The second kappa shape index (κ2) is 6.82. The van der Waals surface area contributed by atoms with Gasteiger partial charge in [-0.05, 0) is 36.8 Å². The highest BCUT2D eigenvalue weighted by Gasteiger charge is 2.49. The number of benzene rings is 2. The van der Waals surface area contributed by atoms with E-state index in [1.807, 2.05) is 30.3 Å². The molecule has 0 bridgehead atoms. The Bertz CT molecular complexity index is 1100. The molecule has 29 heavy (non-hydrogen) atoms. The lowest BCUT2D eigenvalue weighted by Gasteiger charge is -2.21. The van der Waals surface area contributed by atoms with Crippen molar-refractivity contribution in [2.75, 3.05) is 0 Å². The molecule has 0 saturated carbocycles. The fraction of sp³-hybridized carbons (Fsp3) is 0.158. The number of nitro groups is 1. The predicted molar refractivity (Wildman–Crippen MR) is 101 cm³/mol. The van der Waals surface area contributed by atoms with Gasteiger partial charge in [0.15, 0.2) is 0 Å². The minimum Gasteiger partial charge on any atom is -0.319 e. The SMILES string of the molecule is CC1(c2ccc([N+](=O)[O-])cc2)NC(=O)N(Cc2cnn(-c3ccccc3)n2)C1=O. The van der Waals surface area contributed by atoms with E-state index < -0.39 is 22.4 Å². The van der Waals surface area contributed by atoms with Crippen molar-refractivity contribution in [3.8, 4) is 5.69 Å². The number of non-ortho nitro benzene ring substituents is 1. The van der Waals surface area contributed by atoms with Crippen LogP contribution in [0.25, 0.3) is 5.69 Å². The van der Waals surface area contributed by atoms with Crippen molar-refractivity contribution in [2.24, 2.45) is 0 Å². The number of para-hydroxylation sites is 1. The maximum absolute atomic E-state index is 13.0. The van der Waals surface area contributed by atoms with Crippen molar-refractivity contribution in [3.05, 3.63) is 82.2 Å². The van der Waals surface area contributed by atoms with Gasteiger partial charge in [0.2, 0.25) is 0 Å². The molecule has 0 radical (unpaired) electrons. The maximum atomic E-state index is 13.0. The molecule has 4 rings (SSSR count). The molecule has 1 fully saturated rings. The summed E-state index contributed by atoms with van der Waals surface area (Å²) in [6.45, 7) is 1.52. The van der Waals surface area contributed by atoms with Gasteiger partial charge in [0.1, 0.15) is 11.2 Å². The first-order valence-electron chi connectivity index (χ1n) is 8.74. The van der Waals surface area contributed by atoms with E-state index in [2.05, 4.69) is 15.5 Å². The van der Waals surface area contributed by atoms with E-state index in [1.54, 1.807) is 6.92 Å². The number of nitrogens with zero attached hydrogens (tertiary/aromatic N) is 5. The Morgan fingerprint density at radius 1 is 1.10 bits per heavy atom. The first-order chi connectivity index (χ1) is 13.9. The molecule has 10 nitrogen and oxygen atoms in total. The van der Waals surface area contributed by atoms with Crippen LogP contribution in [-0.2, 0) is 16.9 Å². The van der Waals surface area contributed by atoms with Crippen LogP contribution in [0.5, 0.6) is 0 Å². The first-order valence-corrected chi connectivity index (χ1v) is 8.74. The highest BCUT2D eigenvalue weighted by molar-refractivity contribution is 6.07. The van der Waals surface area contributed by atoms with Crippen LogP contribution < -0.4 is 5.32 Å². The van der Waals surface area contributed by atoms with Gasteiger partial charge in [-0.2, -0.15) is 15.0 Å². The summed E-state index contributed by atoms with van der Waals surface area (Å²) in [5.41, 5.74) is 0.249. The van der Waals surface area contributed by atoms with Crippen LogP contribution in [0.4, 0.5) is 10.5 Å². The van der Waals surface area contributed by atoms with E-state index in [1.165, 1.54) is 35.3 Å². The van der Waals surface area contributed by atoms with E-state index in [-0.39, 0.29) is 12.2 Å². The maximum Gasteiger partial charge on any atom is 0.325 e. The molecule has 1 atom stereocenters. The molecule has 146 valence electrons. The Balaban J connectivity index is 1.55. The summed E-state index contributed by atoms with van der Waals surface area (Å²) in [6.07, 6.45) is 1.50. The van der Waals surface area contributed by atoms with Crippen molar-refractivity contribution in [2.45, 2.75) is 19.0 Å². The summed E-state index contributed by atoms with van der Waals surface area (Å²) >= 11 is 0. The summed E-state index contributed by atoms with van der Waals surface area (Å²) in [6, 6.07) is 14.2. The zero-order chi connectivity index (χ0) is 20.6. The molecule has 1 N–H and O–H groups in total. The van der Waals surface area contributed by atoms with Crippen LogP contribution in [-0.4, -0.2) is 36.8 Å².